The van der Waals surface area contributed by atoms with Gasteiger partial charge in [-0.1, -0.05) is 24.3 Å². The lowest BCUT2D eigenvalue weighted by Crippen LogP contribution is -1.77. The number of phenolic OH excluding ortho intramolecular Hbond substituents is 1. The molecule has 0 unspecified atom stereocenters. The van der Waals surface area contributed by atoms with E-state index in [2.05, 4.69) is 31.9 Å². The van der Waals surface area contributed by atoms with Crippen LogP contribution in [0.1, 0.15) is 0 Å². The van der Waals surface area contributed by atoms with E-state index in [4.69, 9.17) is 10.4 Å². The molecule has 2 rings (SSSR count). The number of aliphatic hydroxyl groups excluding tert-OH is 1. The summed E-state index contributed by atoms with van der Waals surface area (Å²) in [5.41, 5.74) is 0. The van der Waals surface area contributed by atoms with Crippen LogP contribution < -0.4 is 0 Å². The van der Waals surface area contributed by atoms with E-state index in [1.165, 1.54) is 0 Å². The fourth-order valence-electron chi connectivity index (χ4n) is 1.27. The summed E-state index contributed by atoms with van der Waals surface area (Å²) in [6.45, 7) is 0. The van der Waals surface area contributed by atoms with Gasteiger partial charge in [0, 0.05) is 9.86 Å². The van der Waals surface area contributed by atoms with Crippen LogP contribution in [-0.4, -0.2) is 10.2 Å². The van der Waals surface area contributed by atoms with Gasteiger partial charge in [-0.2, -0.15) is 5.26 Å². The highest BCUT2D eigenvalue weighted by Crippen LogP contribution is 2.38. The van der Waals surface area contributed by atoms with Gasteiger partial charge in [-0.05, 0) is 43.3 Å². The standard InChI is InChI=1S/C10H6Br2O.CHNO/c11-8-5-6-3-1-2-4-7(6)10(13)9(8)12;2-1-3/h1-5,13H;3H. The normalized spacial score (nSPS) is 9.06. The fourth-order valence-corrected chi connectivity index (χ4v) is 2.03. The van der Waals surface area contributed by atoms with Crippen LogP contribution in [0, 0.1) is 11.5 Å². The van der Waals surface area contributed by atoms with E-state index >= 15 is 0 Å². The van der Waals surface area contributed by atoms with Crippen LogP contribution in [-0.2, 0) is 0 Å². The number of fused-ring (bicyclic) bond motifs is 1. The molecule has 2 N–H and O–H groups in total. The number of nitriles is 1. The molecular weight excluding hydrogens is 338 g/mol. The van der Waals surface area contributed by atoms with Crippen molar-refractivity contribution in [1.82, 2.24) is 0 Å². The van der Waals surface area contributed by atoms with Gasteiger partial charge >= 0.3 is 0 Å². The molecule has 2 aromatic rings. The molecule has 0 fully saturated rings. The molecule has 0 heterocycles. The molecule has 0 spiro atoms. The number of aliphatic hydroxyl groups is 1. The minimum atomic E-state index is 0.282. The first-order chi connectivity index (χ1) is 7.61. The summed E-state index contributed by atoms with van der Waals surface area (Å²) in [5, 5.41) is 25.4. The number of rotatable bonds is 0. The highest BCUT2D eigenvalue weighted by atomic mass is 79.9. The zero-order valence-corrected chi connectivity index (χ0v) is 11.2. The molecule has 0 aromatic heterocycles. The second-order valence-electron chi connectivity index (χ2n) is 2.84. The zero-order chi connectivity index (χ0) is 12.1. The molecule has 0 saturated carbocycles. The average molecular weight is 345 g/mol. The Labute approximate surface area is 109 Å². The fraction of sp³-hybridized carbons (Fsp3) is 0. The summed E-state index contributed by atoms with van der Waals surface area (Å²) in [5.74, 6) is 0.282. The van der Waals surface area contributed by atoms with Crippen LogP contribution in [0.4, 0.5) is 0 Å². The highest BCUT2D eigenvalue weighted by Gasteiger charge is 2.07. The van der Waals surface area contributed by atoms with E-state index in [1.54, 1.807) is 0 Å². The summed E-state index contributed by atoms with van der Waals surface area (Å²) in [7, 11) is 0. The Balaban J connectivity index is 0.000000386. The number of hydrogen-bond acceptors (Lipinski definition) is 3. The first-order valence-corrected chi connectivity index (χ1v) is 5.79. The summed E-state index contributed by atoms with van der Waals surface area (Å²) >= 11 is 6.66. The minimum absolute atomic E-state index is 0.282. The third-order valence-electron chi connectivity index (χ3n) is 1.92. The van der Waals surface area contributed by atoms with Crippen molar-refractivity contribution in [2.24, 2.45) is 0 Å². The Kier molecular flexibility index (Phi) is 4.59. The Hall–Kier alpha value is -1.25. The van der Waals surface area contributed by atoms with Crippen molar-refractivity contribution in [3.8, 4) is 12.0 Å². The quantitative estimate of drug-likeness (QED) is 0.712. The Morgan fingerprint density at radius 3 is 2.38 bits per heavy atom. The lowest BCUT2D eigenvalue weighted by atomic mass is 10.1. The molecule has 16 heavy (non-hydrogen) atoms. The highest BCUT2D eigenvalue weighted by molar-refractivity contribution is 9.13. The Bertz CT molecular complexity index is 549. The Morgan fingerprint density at radius 1 is 1.19 bits per heavy atom. The van der Waals surface area contributed by atoms with Crippen molar-refractivity contribution in [3.05, 3.63) is 39.3 Å². The number of benzene rings is 2. The number of halogens is 2. The molecule has 5 heteroatoms. The summed E-state index contributed by atoms with van der Waals surface area (Å²) in [6.07, 6.45) is 0.750. The smallest absolute Gasteiger partial charge is 0.283 e. The summed E-state index contributed by atoms with van der Waals surface area (Å²) < 4.78 is 1.56. The first kappa shape index (κ1) is 12.8. The second-order valence-corrected chi connectivity index (χ2v) is 4.49. The van der Waals surface area contributed by atoms with Crippen molar-refractivity contribution in [2.75, 3.05) is 0 Å². The first-order valence-electron chi connectivity index (χ1n) is 4.20. The summed E-state index contributed by atoms with van der Waals surface area (Å²) in [6, 6.07) is 9.68. The molecule has 0 aliphatic carbocycles. The molecule has 0 aliphatic rings. The largest absolute Gasteiger partial charge is 0.506 e. The van der Waals surface area contributed by atoms with Crippen LogP contribution in [0.2, 0.25) is 0 Å². The SMILES string of the molecule is N#CO.Oc1c(Br)c(Br)cc2ccccc12. The van der Waals surface area contributed by atoms with Crippen molar-refractivity contribution in [1.29, 1.82) is 5.26 Å². The van der Waals surface area contributed by atoms with E-state index < -0.39 is 0 Å². The Morgan fingerprint density at radius 2 is 1.75 bits per heavy atom. The molecule has 0 bridgehead atoms. The van der Waals surface area contributed by atoms with Crippen molar-refractivity contribution >= 4 is 42.6 Å². The van der Waals surface area contributed by atoms with Gasteiger partial charge in [0.25, 0.3) is 6.26 Å². The van der Waals surface area contributed by atoms with Gasteiger partial charge in [0.1, 0.15) is 5.75 Å². The summed E-state index contributed by atoms with van der Waals surface area (Å²) in [4.78, 5) is 0. The van der Waals surface area contributed by atoms with Gasteiger partial charge in [0.15, 0.2) is 0 Å². The molecular formula is C11H7Br2NO2. The second kappa shape index (κ2) is 5.73. The third kappa shape index (κ3) is 2.65. The number of aromatic hydroxyl groups is 1. The van der Waals surface area contributed by atoms with E-state index in [-0.39, 0.29) is 5.75 Å². The van der Waals surface area contributed by atoms with Crippen molar-refractivity contribution < 1.29 is 10.2 Å². The van der Waals surface area contributed by atoms with Crippen LogP contribution in [0.15, 0.2) is 39.3 Å². The molecule has 0 aliphatic heterocycles. The maximum Gasteiger partial charge on any atom is 0.283 e. The maximum atomic E-state index is 9.76. The average Bonchev–Trinajstić information content (AvgIpc) is 2.27. The van der Waals surface area contributed by atoms with E-state index in [0.29, 0.717) is 4.47 Å². The van der Waals surface area contributed by atoms with Gasteiger partial charge in [-0.25, -0.2) is 0 Å². The molecule has 0 amide bonds. The third-order valence-corrected chi connectivity index (χ3v) is 3.88. The van der Waals surface area contributed by atoms with Crippen LogP contribution in [0.25, 0.3) is 10.8 Å². The number of nitrogens with zero attached hydrogens (tertiary/aromatic N) is 1. The van der Waals surface area contributed by atoms with Gasteiger partial charge in [0.2, 0.25) is 0 Å². The zero-order valence-electron chi connectivity index (χ0n) is 7.98. The topological polar surface area (TPSA) is 64.2 Å². The molecule has 0 radical (unpaired) electrons. The number of hydrogen-bond donors (Lipinski definition) is 2. The van der Waals surface area contributed by atoms with Crippen LogP contribution >= 0.6 is 31.9 Å². The van der Waals surface area contributed by atoms with Crippen LogP contribution in [0.5, 0.6) is 5.75 Å². The molecule has 82 valence electrons. The predicted octanol–water partition coefficient (Wildman–Crippen LogP) is 3.91. The minimum Gasteiger partial charge on any atom is -0.506 e. The number of phenols is 1. The molecule has 0 saturated heterocycles. The molecule has 2 aromatic carbocycles. The molecule has 3 nitrogen and oxygen atoms in total. The lowest BCUT2D eigenvalue weighted by Gasteiger charge is -2.04. The van der Waals surface area contributed by atoms with Gasteiger partial charge in [-0.15, -0.1) is 0 Å². The maximum absolute atomic E-state index is 9.76. The van der Waals surface area contributed by atoms with E-state index in [0.717, 1.165) is 21.5 Å². The predicted molar refractivity (Wildman–Crippen MR) is 68.6 cm³/mol. The van der Waals surface area contributed by atoms with Gasteiger partial charge in [0.05, 0.1) is 4.47 Å². The van der Waals surface area contributed by atoms with Gasteiger partial charge in [-0.3, -0.25) is 0 Å². The molecule has 0 atom stereocenters. The van der Waals surface area contributed by atoms with Crippen LogP contribution in [0.3, 0.4) is 0 Å². The monoisotopic (exact) mass is 343 g/mol. The van der Waals surface area contributed by atoms with E-state index in [9.17, 15) is 5.11 Å². The van der Waals surface area contributed by atoms with Crippen molar-refractivity contribution in [2.45, 2.75) is 0 Å². The lowest BCUT2D eigenvalue weighted by molar-refractivity contribution is 0.478. The van der Waals surface area contributed by atoms with Crippen molar-refractivity contribution in [3.63, 3.8) is 0 Å². The van der Waals surface area contributed by atoms with E-state index in [1.807, 2.05) is 30.3 Å². The van der Waals surface area contributed by atoms with Gasteiger partial charge < -0.3 is 10.2 Å².